The van der Waals surface area contributed by atoms with Crippen LogP contribution >= 0.6 is 0 Å². The highest BCUT2D eigenvalue weighted by Gasteiger charge is 2.05. The zero-order valence-electron chi connectivity index (χ0n) is 14.3. The van der Waals surface area contributed by atoms with Gasteiger partial charge in [-0.25, -0.2) is 4.79 Å². The van der Waals surface area contributed by atoms with E-state index in [0.29, 0.717) is 0 Å². The number of phenols is 2. The summed E-state index contributed by atoms with van der Waals surface area (Å²) >= 11 is 0. The number of phenolic OH excluding ortho intramolecular Hbond substituents is 2. The molecule has 3 N–H and O–H groups in total. The number of benzene rings is 3. The molecule has 5 nitrogen and oxygen atoms in total. The first-order valence-electron chi connectivity index (χ1n) is 8.05. The Hall–Kier alpha value is -3.86. The van der Waals surface area contributed by atoms with Gasteiger partial charge in [-0.1, -0.05) is 66.7 Å². The Bertz CT molecular complexity index is 931. The van der Waals surface area contributed by atoms with Crippen molar-refractivity contribution in [2.45, 2.75) is 0 Å². The van der Waals surface area contributed by atoms with Crippen LogP contribution in [-0.4, -0.2) is 27.1 Å². The van der Waals surface area contributed by atoms with Gasteiger partial charge < -0.3 is 15.3 Å². The highest BCUT2D eigenvalue weighted by atomic mass is 16.4. The predicted molar refractivity (Wildman–Crippen MR) is 103 cm³/mol. The van der Waals surface area contributed by atoms with Gasteiger partial charge in [0.2, 0.25) is 0 Å². The second-order valence-corrected chi connectivity index (χ2v) is 5.48. The first-order chi connectivity index (χ1) is 13.0. The molecule has 136 valence electrons. The number of hydrogen-bond donors (Lipinski definition) is 3. The van der Waals surface area contributed by atoms with Crippen molar-refractivity contribution in [1.29, 1.82) is 0 Å². The minimum Gasteiger partial charge on any atom is -0.504 e. The predicted octanol–water partition coefficient (Wildman–Crippen LogP) is 4.38. The molecule has 0 aliphatic rings. The molecule has 0 saturated carbocycles. The third-order valence-corrected chi connectivity index (χ3v) is 3.51. The molecule has 0 atom stereocenters. The second kappa shape index (κ2) is 9.58. The van der Waals surface area contributed by atoms with Gasteiger partial charge >= 0.3 is 5.97 Å². The van der Waals surface area contributed by atoms with E-state index in [-0.39, 0.29) is 17.1 Å². The number of allylic oxidation sites excluding steroid dienone is 1. The van der Waals surface area contributed by atoms with Gasteiger partial charge in [-0.15, -0.1) is 0 Å². The molecule has 5 heteroatoms. The molecule has 0 heterocycles. The van der Waals surface area contributed by atoms with Crippen molar-refractivity contribution in [3.63, 3.8) is 0 Å². The summed E-state index contributed by atoms with van der Waals surface area (Å²) in [7, 11) is 0. The van der Waals surface area contributed by atoms with Gasteiger partial charge in [0.25, 0.3) is 0 Å². The molecule has 0 aromatic heterocycles. The fourth-order valence-electron chi connectivity index (χ4n) is 2.09. The molecule has 0 saturated heterocycles. The lowest BCUT2D eigenvalue weighted by Gasteiger charge is -1.97. The maximum atomic E-state index is 11.7. The first kappa shape index (κ1) is 19.5. The van der Waals surface area contributed by atoms with E-state index in [1.807, 2.05) is 66.7 Å². The fraction of sp³-hybridized carbons (Fsp3) is 0. The number of aromatic carboxylic acids is 1. The van der Waals surface area contributed by atoms with Gasteiger partial charge in [-0.05, 0) is 29.8 Å². The van der Waals surface area contributed by atoms with E-state index in [0.717, 1.165) is 23.3 Å². The van der Waals surface area contributed by atoms with Crippen LogP contribution in [-0.2, 0) is 0 Å². The maximum Gasteiger partial charge on any atom is 0.335 e. The summed E-state index contributed by atoms with van der Waals surface area (Å²) in [5.74, 6) is -1.86. The Morgan fingerprint density at radius 3 is 1.85 bits per heavy atom. The monoisotopic (exact) mass is 362 g/mol. The van der Waals surface area contributed by atoms with Gasteiger partial charge in [0.05, 0.1) is 5.56 Å². The molecule has 27 heavy (non-hydrogen) atoms. The SMILES string of the molecule is O=C(/C=C/c1ccccc1)c1ccccc1.O=C(O)c1ccc(O)c(O)c1. The number of rotatable bonds is 4. The van der Waals surface area contributed by atoms with Gasteiger partial charge in [-0.2, -0.15) is 0 Å². The van der Waals surface area contributed by atoms with Crippen molar-refractivity contribution >= 4 is 17.8 Å². The highest BCUT2D eigenvalue weighted by Crippen LogP contribution is 2.24. The molecule has 0 fully saturated rings. The highest BCUT2D eigenvalue weighted by molar-refractivity contribution is 6.06. The number of carboxylic acid groups (broad SMARTS) is 1. The molecule has 0 aliphatic heterocycles. The van der Waals surface area contributed by atoms with Crippen LogP contribution in [0.1, 0.15) is 26.3 Å². The van der Waals surface area contributed by atoms with Crippen molar-refractivity contribution in [2.24, 2.45) is 0 Å². The van der Waals surface area contributed by atoms with Crippen LogP contribution in [0.3, 0.4) is 0 Å². The van der Waals surface area contributed by atoms with Gasteiger partial charge in [0.15, 0.2) is 17.3 Å². The van der Waals surface area contributed by atoms with E-state index in [9.17, 15) is 9.59 Å². The third-order valence-electron chi connectivity index (χ3n) is 3.51. The Morgan fingerprint density at radius 2 is 1.30 bits per heavy atom. The quantitative estimate of drug-likeness (QED) is 0.364. The van der Waals surface area contributed by atoms with E-state index in [1.165, 1.54) is 6.07 Å². The minimum atomic E-state index is -1.14. The Kier molecular flexibility index (Phi) is 6.91. The lowest BCUT2D eigenvalue weighted by Crippen LogP contribution is -1.94. The van der Waals surface area contributed by atoms with Gasteiger partial charge in [0, 0.05) is 5.56 Å². The number of ketones is 1. The third kappa shape index (κ3) is 6.17. The van der Waals surface area contributed by atoms with Crippen LogP contribution in [0.2, 0.25) is 0 Å². The van der Waals surface area contributed by atoms with Crippen LogP contribution < -0.4 is 0 Å². The fourth-order valence-corrected chi connectivity index (χ4v) is 2.09. The number of carboxylic acids is 1. The largest absolute Gasteiger partial charge is 0.504 e. The number of aromatic hydroxyl groups is 2. The molecule has 0 spiro atoms. The van der Waals surface area contributed by atoms with E-state index < -0.39 is 11.7 Å². The van der Waals surface area contributed by atoms with Crippen molar-refractivity contribution in [3.05, 3.63) is 102 Å². The van der Waals surface area contributed by atoms with Crippen LogP contribution in [0.15, 0.2) is 84.9 Å². The average Bonchev–Trinajstić information content (AvgIpc) is 2.70. The van der Waals surface area contributed by atoms with E-state index in [1.54, 1.807) is 6.08 Å². The molecule has 0 radical (unpaired) electrons. The van der Waals surface area contributed by atoms with E-state index >= 15 is 0 Å². The summed E-state index contributed by atoms with van der Waals surface area (Å²) in [4.78, 5) is 22.0. The smallest absolute Gasteiger partial charge is 0.335 e. The lowest BCUT2D eigenvalue weighted by atomic mass is 10.1. The normalized spacial score (nSPS) is 10.1. The Labute approximate surface area is 156 Å². The summed E-state index contributed by atoms with van der Waals surface area (Å²) in [6.45, 7) is 0. The summed E-state index contributed by atoms with van der Waals surface area (Å²) < 4.78 is 0. The minimum absolute atomic E-state index is 0.0319. The zero-order valence-corrected chi connectivity index (χ0v) is 14.3. The molecule has 3 rings (SSSR count). The average molecular weight is 362 g/mol. The summed E-state index contributed by atoms with van der Waals surface area (Å²) in [5, 5.41) is 26.0. The lowest BCUT2D eigenvalue weighted by molar-refractivity contribution is 0.0696. The second-order valence-electron chi connectivity index (χ2n) is 5.48. The first-order valence-corrected chi connectivity index (χ1v) is 8.05. The van der Waals surface area contributed by atoms with Gasteiger partial charge in [-0.3, -0.25) is 4.79 Å². The van der Waals surface area contributed by atoms with Crippen LogP contribution in [0.25, 0.3) is 6.08 Å². The van der Waals surface area contributed by atoms with Crippen molar-refractivity contribution < 1.29 is 24.9 Å². The number of hydrogen-bond acceptors (Lipinski definition) is 4. The molecular formula is C22H18O5. The van der Waals surface area contributed by atoms with Crippen LogP contribution in [0.4, 0.5) is 0 Å². The van der Waals surface area contributed by atoms with Crippen molar-refractivity contribution in [1.82, 2.24) is 0 Å². The van der Waals surface area contributed by atoms with E-state index in [4.69, 9.17) is 15.3 Å². The summed E-state index contributed by atoms with van der Waals surface area (Å²) in [6.07, 6.45) is 3.43. The van der Waals surface area contributed by atoms with E-state index in [2.05, 4.69) is 0 Å². The molecule has 0 unspecified atom stereocenters. The summed E-state index contributed by atoms with van der Waals surface area (Å²) in [5.41, 5.74) is 1.70. The number of carbonyl (C=O) groups excluding carboxylic acids is 1. The molecule has 0 amide bonds. The number of carbonyl (C=O) groups is 2. The van der Waals surface area contributed by atoms with Crippen molar-refractivity contribution in [3.8, 4) is 11.5 Å². The van der Waals surface area contributed by atoms with Crippen LogP contribution in [0.5, 0.6) is 11.5 Å². The van der Waals surface area contributed by atoms with Crippen molar-refractivity contribution in [2.75, 3.05) is 0 Å². The zero-order chi connectivity index (χ0) is 19.6. The maximum absolute atomic E-state index is 11.7. The Balaban J connectivity index is 0.000000208. The molecule has 3 aromatic carbocycles. The molecular weight excluding hydrogens is 344 g/mol. The summed E-state index contributed by atoms with van der Waals surface area (Å²) in [6, 6.07) is 22.4. The molecule has 3 aromatic rings. The molecule has 0 bridgehead atoms. The molecule has 0 aliphatic carbocycles. The van der Waals surface area contributed by atoms with Gasteiger partial charge in [0.1, 0.15) is 0 Å². The standard InChI is InChI=1S/C15H12O.C7H6O4/c16-15(14-9-5-2-6-10-14)12-11-13-7-3-1-4-8-13;8-5-2-1-4(7(10)11)3-6(5)9/h1-12H;1-3,8-9H,(H,10,11)/b12-11+;. The van der Waals surface area contributed by atoms with Crippen LogP contribution in [0, 0.1) is 0 Å². The topological polar surface area (TPSA) is 94.8 Å². The Morgan fingerprint density at radius 1 is 0.704 bits per heavy atom.